The van der Waals surface area contributed by atoms with Crippen molar-refractivity contribution in [2.24, 2.45) is 0 Å². The number of rotatable bonds is 6. The molecule has 0 bridgehead atoms. The first kappa shape index (κ1) is 15.4. The van der Waals surface area contributed by atoms with Gasteiger partial charge in [0, 0.05) is 6.54 Å². The summed E-state index contributed by atoms with van der Waals surface area (Å²) < 4.78 is 0. The van der Waals surface area contributed by atoms with Crippen LogP contribution in [-0.4, -0.2) is 28.5 Å². The third-order valence-corrected chi connectivity index (χ3v) is 3.43. The summed E-state index contributed by atoms with van der Waals surface area (Å²) in [6, 6.07) is 9.44. The number of ketones is 1. The van der Waals surface area contributed by atoms with Gasteiger partial charge in [0.2, 0.25) is 5.91 Å². The first-order valence-corrected chi connectivity index (χ1v) is 6.53. The summed E-state index contributed by atoms with van der Waals surface area (Å²) in [5, 5.41) is -1.13. The lowest BCUT2D eigenvalue weighted by molar-refractivity contribution is -0.135. The van der Waals surface area contributed by atoms with E-state index in [1.165, 1.54) is 6.92 Å². The number of nitrogens with zero attached hydrogens (tertiary/aromatic N) is 1. The quantitative estimate of drug-likeness (QED) is 0.456. The van der Waals surface area contributed by atoms with E-state index in [0.717, 1.165) is 5.56 Å². The van der Waals surface area contributed by atoms with Gasteiger partial charge in [0.25, 0.3) is 0 Å². The Labute approximate surface area is 118 Å². The molecule has 0 N–H and O–H groups in total. The molecule has 0 saturated heterocycles. The lowest BCUT2D eigenvalue weighted by Crippen LogP contribution is -2.41. The van der Waals surface area contributed by atoms with Gasteiger partial charge in [-0.05, 0) is 19.4 Å². The molecule has 0 spiro atoms. The molecule has 1 amide bonds. The third kappa shape index (κ3) is 3.93. The van der Waals surface area contributed by atoms with Crippen molar-refractivity contribution in [1.82, 2.24) is 4.90 Å². The fourth-order valence-corrected chi connectivity index (χ4v) is 1.93. The second-order valence-electron chi connectivity index (χ2n) is 4.34. The molecule has 0 saturated carbocycles. The number of benzene rings is 1. The topological polar surface area (TPSA) is 37.4 Å². The monoisotopic (exact) mass is 279 g/mol. The largest absolute Gasteiger partial charge is 0.331 e. The van der Waals surface area contributed by atoms with Crippen molar-refractivity contribution in [3.63, 3.8) is 0 Å². The van der Waals surface area contributed by atoms with Crippen molar-refractivity contribution in [2.75, 3.05) is 6.54 Å². The fraction of sp³-hybridized carbons (Fsp3) is 0.333. The summed E-state index contributed by atoms with van der Waals surface area (Å²) >= 11 is 5.85. The SMILES string of the molecule is C=CCN(C(=O)C(Cl)C(C)=O)[C@@H](C)c1ccccc1. The summed E-state index contributed by atoms with van der Waals surface area (Å²) in [6.45, 7) is 7.21. The molecule has 0 fully saturated rings. The molecule has 0 aliphatic rings. The first-order valence-electron chi connectivity index (χ1n) is 6.10. The highest BCUT2D eigenvalue weighted by Gasteiger charge is 2.28. The van der Waals surface area contributed by atoms with Gasteiger partial charge in [-0.3, -0.25) is 9.59 Å². The van der Waals surface area contributed by atoms with E-state index < -0.39 is 5.38 Å². The number of hydrogen-bond acceptors (Lipinski definition) is 2. The molecular formula is C15H18ClNO2. The van der Waals surface area contributed by atoms with Crippen LogP contribution in [0.25, 0.3) is 0 Å². The van der Waals surface area contributed by atoms with Gasteiger partial charge in [0.15, 0.2) is 11.2 Å². The molecule has 2 atom stereocenters. The Morgan fingerprint density at radius 3 is 2.42 bits per heavy atom. The number of carbonyl (C=O) groups excluding carboxylic acids is 2. The third-order valence-electron chi connectivity index (χ3n) is 2.93. The van der Waals surface area contributed by atoms with Crippen LogP contribution in [0.5, 0.6) is 0 Å². The molecule has 1 aromatic carbocycles. The number of amides is 1. The number of Topliss-reactive ketones (excluding diaryl/α,β-unsaturated/α-hetero) is 1. The standard InChI is InChI=1S/C15H18ClNO2/c1-4-10-17(15(19)14(16)12(3)18)11(2)13-8-6-5-7-9-13/h4-9,11,14H,1,10H2,2-3H3/t11-,14?/m0/s1. The van der Waals surface area contributed by atoms with Gasteiger partial charge in [0.05, 0.1) is 6.04 Å². The van der Waals surface area contributed by atoms with Crippen molar-refractivity contribution in [1.29, 1.82) is 0 Å². The Hall–Kier alpha value is -1.61. The van der Waals surface area contributed by atoms with Crippen LogP contribution in [-0.2, 0) is 9.59 Å². The molecule has 1 aromatic rings. The van der Waals surface area contributed by atoms with Gasteiger partial charge in [0.1, 0.15) is 0 Å². The Morgan fingerprint density at radius 2 is 1.95 bits per heavy atom. The summed E-state index contributed by atoms with van der Waals surface area (Å²) in [4.78, 5) is 25.0. The van der Waals surface area contributed by atoms with E-state index in [0.29, 0.717) is 6.54 Å². The molecule has 3 nitrogen and oxygen atoms in total. The number of carbonyl (C=O) groups is 2. The predicted octanol–water partition coefficient (Wildman–Crippen LogP) is 2.96. The Kier molecular flexibility index (Phi) is 5.77. The lowest BCUT2D eigenvalue weighted by Gasteiger charge is -2.29. The van der Waals surface area contributed by atoms with Crippen molar-refractivity contribution in [3.05, 3.63) is 48.6 Å². The molecule has 0 aromatic heterocycles. The Balaban J connectivity index is 2.97. The zero-order chi connectivity index (χ0) is 14.4. The molecule has 0 heterocycles. The van der Waals surface area contributed by atoms with E-state index in [9.17, 15) is 9.59 Å². The van der Waals surface area contributed by atoms with Crippen LogP contribution in [0.1, 0.15) is 25.5 Å². The number of halogens is 1. The minimum atomic E-state index is -1.13. The molecule has 4 heteroatoms. The molecule has 1 unspecified atom stereocenters. The van der Waals surface area contributed by atoms with Gasteiger partial charge < -0.3 is 4.90 Å². The van der Waals surface area contributed by atoms with Gasteiger partial charge in [-0.1, -0.05) is 36.4 Å². The van der Waals surface area contributed by atoms with E-state index >= 15 is 0 Å². The second-order valence-corrected chi connectivity index (χ2v) is 4.78. The number of hydrogen-bond donors (Lipinski definition) is 0. The zero-order valence-corrected chi connectivity index (χ0v) is 11.9. The molecule has 0 aliphatic heterocycles. The van der Waals surface area contributed by atoms with Crippen LogP contribution in [0.4, 0.5) is 0 Å². The summed E-state index contributed by atoms with van der Waals surface area (Å²) in [5.41, 5.74) is 0.991. The molecular weight excluding hydrogens is 262 g/mol. The van der Waals surface area contributed by atoms with Gasteiger partial charge >= 0.3 is 0 Å². The predicted molar refractivity (Wildman–Crippen MR) is 77.1 cm³/mol. The van der Waals surface area contributed by atoms with Crippen molar-refractivity contribution >= 4 is 23.3 Å². The summed E-state index contributed by atoms with van der Waals surface area (Å²) in [6.07, 6.45) is 1.63. The van der Waals surface area contributed by atoms with Crippen LogP contribution in [0.15, 0.2) is 43.0 Å². The molecule has 0 aliphatic carbocycles. The fourth-order valence-electron chi connectivity index (χ4n) is 1.81. The van der Waals surface area contributed by atoms with Gasteiger partial charge in [-0.15, -0.1) is 18.2 Å². The molecule has 1 rings (SSSR count). The average molecular weight is 280 g/mol. The van der Waals surface area contributed by atoms with Crippen molar-refractivity contribution in [2.45, 2.75) is 25.3 Å². The van der Waals surface area contributed by atoms with Gasteiger partial charge in [-0.25, -0.2) is 0 Å². The van der Waals surface area contributed by atoms with Gasteiger partial charge in [-0.2, -0.15) is 0 Å². The molecule has 0 radical (unpaired) electrons. The minimum Gasteiger partial charge on any atom is -0.331 e. The van der Waals surface area contributed by atoms with Crippen LogP contribution in [0.2, 0.25) is 0 Å². The average Bonchev–Trinajstić information content (AvgIpc) is 2.43. The van der Waals surface area contributed by atoms with E-state index in [-0.39, 0.29) is 17.7 Å². The Bertz CT molecular complexity index is 458. The summed E-state index contributed by atoms with van der Waals surface area (Å²) in [7, 11) is 0. The maximum atomic E-state index is 12.2. The van der Waals surface area contributed by atoms with Crippen LogP contribution >= 0.6 is 11.6 Å². The van der Waals surface area contributed by atoms with E-state index in [2.05, 4.69) is 6.58 Å². The first-order chi connectivity index (χ1) is 8.99. The lowest BCUT2D eigenvalue weighted by atomic mass is 10.1. The maximum Gasteiger partial charge on any atom is 0.249 e. The highest BCUT2D eigenvalue weighted by Crippen LogP contribution is 2.21. The highest BCUT2D eigenvalue weighted by molar-refractivity contribution is 6.41. The van der Waals surface area contributed by atoms with Crippen molar-refractivity contribution in [3.8, 4) is 0 Å². The van der Waals surface area contributed by atoms with E-state index in [4.69, 9.17) is 11.6 Å². The summed E-state index contributed by atoms with van der Waals surface area (Å²) in [5.74, 6) is -0.730. The maximum absolute atomic E-state index is 12.2. The van der Waals surface area contributed by atoms with E-state index in [1.54, 1.807) is 11.0 Å². The number of alkyl halides is 1. The smallest absolute Gasteiger partial charge is 0.249 e. The minimum absolute atomic E-state index is 0.160. The highest BCUT2D eigenvalue weighted by atomic mass is 35.5. The Morgan fingerprint density at radius 1 is 1.37 bits per heavy atom. The molecule has 102 valence electrons. The van der Waals surface area contributed by atoms with Crippen LogP contribution < -0.4 is 0 Å². The van der Waals surface area contributed by atoms with Crippen LogP contribution in [0.3, 0.4) is 0 Å². The van der Waals surface area contributed by atoms with Crippen LogP contribution in [0, 0.1) is 0 Å². The van der Waals surface area contributed by atoms with Crippen molar-refractivity contribution < 1.29 is 9.59 Å². The second kappa shape index (κ2) is 7.10. The molecule has 19 heavy (non-hydrogen) atoms. The zero-order valence-electron chi connectivity index (χ0n) is 11.2. The normalized spacial score (nSPS) is 13.4. The van der Waals surface area contributed by atoms with E-state index in [1.807, 2.05) is 37.3 Å².